The predicted octanol–water partition coefficient (Wildman–Crippen LogP) is 5.86. The number of thiazole rings is 1. The molecule has 1 heterocycles. The monoisotopic (exact) mass is 371 g/mol. The third kappa shape index (κ3) is 2.35. The third-order valence-corrected chi connectivity index (χ3v) is 10.0. The second kappa shape index (κ2) is 5.91. The molecule has 4 aliphatic rings. The first-order chi connectivity index (χ1) is 12.4. The van der Waals surface area contributed by atoms with Gasteiger partial charge in [0.1, 0.15) is 0 Å². The molecule has 1 aromatic heterocycles. The standard InChI is InChI=1S/C23H33NOS/c1-14-13-24-21(26-14)20-7-6-18-17-5-4-15-12-16(25)8-10-22(15,2)19(17)9-11-23(18,20)3/h4,13,16-20,25H,5-12H2,1-3H3/t16-,17-,18?,19?,20+,22-,23-/m0/s1. The molecule has 26 heavy (non-hydrogen) atoms. The Morgan fingerprint density at radius 3 is 2.73 bits per heavy atom. The molecule has 7 atom stereocenters. The molecule has 0 spiro atoms. The molecular formula is C23H33NOS. The Morgan fingerprint density at radius 2 is 1.96 bits per heavy atom. The fraction of sp³-hybridized carbons (Fsp3) is 0.783. The van der Waals surface area contributed by atoms with Crippen LogP contribution in [-0.2, 0) is 0 Å². The van der Waals surface area contributed by atoms with Gasteiger partial charge in [0.15, 0.2) is 0 Å². The van der Waals surface area contributed by atoms with Gasteiger partial charge in [-0.3, -0.25) is 0 Å². The maximum absolute atomic E-state index is 10.2. The zero-order valence-electron chi connectivity index (χ0n) is 16.5. The van der Waals surface area contributed by atoms with Gasteiger partial charge in [0.25, 0.3) is 0 Å². The summed E-state index contributed by atoms with van der Waals surface area (Å²) in [4.78, 5) is 6.16. The number of aliphatic hydroxyl groups excluding tert-OH is 1. The number of rotatable bonds is 1. The molecule has 0 saturated heterocycles. The molecule has 2 unspecified atom stereocenters. The Hall–Kier alpha value is -0.670. The summed E-state index contributed by atoms with van der Waals surface area (Å²) in [5, 5.41) is 11.6. The number of nitrogens with zero attached hydrogens (tertiary/aromatic N) is 1. The van der Waals surface area contributed by atoms with Gasteiger partial charge in [-0.1, -0.05) is 25.5 Å². The van der Waals surface area contributed by atoms with Gasteiger partial charge in [-0.25, -0.2) is 4.98 Å². The fourth-order valence-corrected chi connectivity index (χ4v) is 8.65. The molecule has 4 aliphatic carbocycles. The molecule has 3 heteroatoms. The van der Waals surface area contributed by atoms with Crippen LogP contribution in [0.15, 0.2) is 17.8 Å². The van der Waals surface area contributed by atoms with E-state index >= 15 is 0 Å². The highest BCUT2D eigenvalue weighted by Crippen LogP contribution is 2.68. The Kier molecular flexibility index (Phi) is 3.96. The van der Waals surface area contributed by atoms with Crippen LogP contribution in [0.4, 0.5) is 0 Å². The number of hydrogen-bond acceptors (Lipinski definition) is 3. The van der Waals surface area contributed by atoms with E-state index in [0.717, 1.165) is 30.6 Å². The Bertz CT molecular complexity index is 738. The minimum absolute atomic E-state index is 0.0938. The molecule has 0 radical (unpaired) electrons. The van der Waals surface area contributed by atoms with E-state index in [1.54, 1.807) is 5.57 Å². The molecule has 0 bridgehead atoms. The predicted molar refractivity (Wildman–Crippen MR) is 107 cm³/mol. The quantitative estimate of drug-likeness (QED) is 0.627. The van der Waals surface area contributed by atoms with Crippen molar-refractivity contribution in [2.24, 2.45) is 28.6 Å². The summed E-state index contributed by atoms with van der Waals surface area (Å²) in [7, 11) is 0. The van der Waals surface area contributed by atoms with Crippen LogP contribution < -0.4 is 0 Å². The highest BCUT2D eigenvalue weighted by atomic mass is 32.1. The number of hydrogen-bond donors (Lipinski definition) is 1. The number of aliphatic hydroxyl groups is 1. The summed E-state index contributed by atoms with van der Waals surface area (Å²) in [6.45, 7) is 7.31. The lowest BCUT2D eigenvalue weighted by molar-refractivity contribution is -0.0409. The molecule has 0 amide bonds. The van der Waals surface area contributed by atoms with Crippen molar-refractivity contribution in [3.05, 3.63) is 27.7 Å². The first kappa shape index (κ1) is 17.4. The van der Waals surface area contributed by atoms with E-state index < -0.39 is 0 Å². The maximum atomic E-state index is 10.2. The summed E-state index contributed by atoms with van der Waals surface area (Å²) in [5.41, 5.74) is 2.40. The molecule has 0 aliphatic heterocycles. The number of aromatic nitrogens is 1. The smallest absolute Gasteiger partial charge is 0.0964 e. The van der Waals surface area contributed by atoms with Crippen LogP contribution in [0.3, 0.4) is 0 Å². The fourth-order valence-electron chi connectivity index (χ4n) is 7.58. The van der Waals surface area contributed by atoms with Gasteiger partial charge < -0.3 is 5.11 Å². The van der Waals surface area contributed by atoms with E-state index in [-0.39, 0.29) is 6.10 Å². The third-order valence-electron chi connectivity index (χ3n) is 9.02. The first-order valence-corrected chi connectivity index (χ1v) is 11.5. The normalized spacial score (nSPS) is 47.7. The number of allylic oxidation sites excluding steroid dienone is 1. The Balaban J connectivity index is 1.46. The van der Waals surface area contributed by atoms with Crippen molar-refractivity contribution in [1.82, 2.24) is 4.98 Å². The van der Waals surface area contributed by atoms with Crippen LogP contribution in [0.2, 0.25) is 0 Å². The van der Waals surface area contributed by atoms with Crippen LogP contribution in [0.25, 0.3) is 0 Å². The average Bonchev–Trinajstić information content (AvgIpc) is 3.18. The van der Waals surface area contributed by atoms with Gasteiger partial charge >= 0.3 is 0 Å². The number of aryl methyl sites for hydroxylation is 1. The van der Waals surface area contributed by atoms with E-state index in [1.165, 1.54) is 48.4 Å². The maximum Gasteiger partial charge on any atom is 0.0964 e. The van der Waals surface area contributed by atoms with Crippen molar-refractivity contribution in [2.75, 3.05) is 0 Å². The van der Waals surface area contributed by atoms with Gasteiger partial charge in [0.2, 0.25) is 0 Å². The van der Waals surface area contributed by atoms with Crippen LogP contribution in [-0.4, -0.2) is 16.2 Å². The highest BCUT2D eigenvalue weighted by molar-refractivity contribution is 7.11. The zero-order chi connectivity index (χ0) is 18.1. The zero-order valence-corrected chi connectivity index (χ0v) is 17.3. The van der Waals surface area contributed by atoms with Crippen LogP contribution in [0.5, 0.6) is 0 Å². The molecule has 5 rings (SSSR count). The average molecular weight is 372 g/mol. The second-order valence-corrected chi connectivity index (χ2v) is 11.4. The number of fused-ring (bicyclic) bond motifs is 5. The molecule has 3 saturated carbocycles. The highest BCUT2D eigenvalue weighted by Gasteiger charge is 2.59. The van der Waals surface area contributed by atoms with Crippen LogP contribution >= 0.6 is 11.3 Å². The Labute approximate surface area is 162 Å². The van der Waals surface area contributed by atoms with Gasteiger partial charge in [-0.05, 0) is 86.9 Å². The minimum atomic E-state index is -0.0938. The molecular weight excluding hydrogens is 338 g/mol. The summed E-state index contributed by atoms with van der Waals surface area (Å²) < 4.78 is 0. The van der Waals surface area contributed by atoms with E-state index in [9.17, 15) is 5.11 Å². The van der Waals surface area contributed by atoms with Gasteiger partial charge in [-0.15, -0.1) is 11.3 Å². The van der Waals surface area contributed by atoms with Crippen molar-refractivity contribution in [2.45, 2.75) is 84.2 Å². The first-order valence-electron chi connectivity index (χ1n) is 10.7. The minimum Gasteiger partial charge on any atom is -0.393 e. The van der Waals surface area contributed by atoms with Crippen LogP contribution in [0.1, 0.15) is 81.0 Å². The van der Waals surface area contributed by atoms with Gasteiger partial charge in [-0.2, -0.15) is 0 Å². The van der Waals surface area contributed by atoms with E-state index in [1.807, 2.05) is 11.3 Å². The molecule has 3 fully saturated rings. The molecule has 0 aromatic carbocycles. The van der Waals surface area contributed by atoms with E-state index in [2.05, 4.69) is 33.0 Å². The largest absolute Gasteiger partial charge is 0.393 e. The molecule has 1 aromatic rings. The van der Waals surface area contributed by atoms with Crippen molar-refractivity contribution < 1.29 is 5.11 Å². The van der Waals surface area contributed by atoms with Crippen molar-refractivity contribution in [1.29, 1.82) is 0 Å². The van der Waals surface area contributed by atoms with Crippen molar-refractivity contribution in [3.63, 3.8) is 0 Å². The van der Waals surface area contributed by atoms with Gasteiger partial charge in [0.05, 0.1) is 11.1 Å². The summed E-state index contributed by atoms with van der Waals surface area (Å²) in [6.07, 6.45) is 14.4. The summed E-state index contributed by atoms with van der Waals surface area (Å²) in [5.74, 6) is 3.23. The molecule has 1 N–H and O–H groups in total. The molecule has 2 nitrogen and oxygen atoms in total. The second-order valence-electron chi connectivity index (χ2n) is 10.1. The SMILES string of the molecule is Cc1cnc([C@H]2CCC3[C@@H]4CC=C5C[C@@H](O)CC[C@]5(C)C4CC[C@@]32C)s1. The summed E-state index contributed by atoms with van der Waals surface area (Å²) in [6, 6.07) is 0. The lowest BCUT2D eigenvalue weighted by atomic mass is 9.47. The van der Waals surface area contributed by atoms with Crippen molar-refractivity contribution >= 4 is 11.3 Å². The van der Waals surface area contributed by atoms with E-state index in [4.69, 9.17) is 4.98 Å². The van der Waals surface area contributed by atoms with E-state index in [0.29, 0.717) is 16.7 Å². The summed E-state index contributed by atoms with van der Waals surface area (Å²) >= 11 is 1.94. The Morgan fingerprint density at radius 1 is 1.12 bits per heavy atom. The van der Waals surface area contributed by atoms with Gasteiger partial charge in [0, 0.05) is 17.0 Å². The lowest BCUT2D eigenvalue weighted by Crippen LogP contribution is -2.50. The lowest BCUT2D eigenvalue weighted by Gasteiger charge is -2.58. The molecule has 142 valence electrons. The topological polar surface area (TPSA) is 33.1 Å². The van der Waals surface area contributed by atoms with Crippen LogP contribution in [0, 0.1) is 35.5 Å². The van der Waals surface area contributed by atoms with Crippen molar-refractivity contribution in [3.8, 4) is 0 Å².